The quantitative estimate of drug-likeness (QED) is 0.403. The highest BCUT2D eigenvalue weighted by Gasteiger charge is 2.34. The second kappa shape index (κ2) is 6.94. The van der Waals surface area contributed by atoms with Crippen LogP contribution in [0.5, 0.6) is 11.5 Å². The monoisotopic (exact) mass is 392 g/mol. The lowest BCUT2D eigenvalue weighted by Crippen LogP contribution is -2.24. The van der Waals surface area contributed by atoms with Crippen LogP contribution in [0.1, 0.15) is 31.8 Å². The topological polar surface area (TPSA) is 105 Å². The highest BCUT2D eigenvalue weighted by Crippen LogP contribution is 2.41. The molecule has 0 heterocycles. The third kappa shape index (κ3) is 2.86. The van der Waals surface area contributed by atoms with Gasteiger partial charge in [0.2, 0.25) is 0 Å². The number of methoxy groups -OCH3 is 1. The van der Waals surface area contributed by atoms with Crippen molar-refractivity contribution in [1.82, 2.24) is 0 Å². The molecule has 4 rings (SSSR count). The Morgan fingerprint density at radius 2 is 1.54 bits per heavy atom. The zero-order chi connectivity index (χ0) is 19.8. The van der Waals surface area contributed by atoms with Crippen molar-refractivity contribution in [3.63, 3.8) is 0 Å². The van der Waals surface area contributed by atoms with Crippen LogP contribution in [0.15, 0.2) is 59.5 Å². The van der Waals surface area contributed by atoms with E-state index in [1.807, 2.05) is 18.2 Å². The number of rotatable bonds is 4. The number of nitrogen functional groups attached to an aromatic ring is 2. The minimum absolute atomic E-state index is 0.0879. The molecule has 140 valence electrons. The van der Waals surface area contributed by atoms with E-state index in [0.717, 1.165) is 16.9 Å². The fourth-order valence-electron chi connectivity index (χ4n) is 3.14. The van der Waals surface area contributed by atoms with Gasteiger partial charge in [-0.1, -0.05) is 30.3 Å². The standard InChI is InChI=1S/C21H16N2O4S/c1-26-11-5-4-6-12(9-11)28-27-16-10-15(22)17-18(19(16)23)21(25)14-8-3-2-7-13(14)20(17)24/h2-10H,22-23H2,1H3. The van der Waals surface area contributed by atoms with Gasteiger partial charge in [0.15, 0.2) is 17.3 Å². The molecule has 7 heteroatoms. The summed E-state index contributed by atoms with van der Waals surface area (Å²) in [5.41, 5.74) is 13.4. The molecule has 3 aromatic carbocycles. The average molecular weight is 392 g/mol. The van der Waals surface area contributed by atoms with Crippen molar-refractivity contribution in [3.05, 3.63) is 76.9 Å². The predicted molar refractivity (Wildman–Crippen MR) is 108 cm³/mol. The summed E-state index contributed by atoms with van der Waals surface area (Å²) in [4.78, 5) is 26.6. The van der Waals surface area contributed by atoms with Crippen LogP contribution < -0.4 is 20.4 Å². The zero-order valence-electron chi connectivity index (χ0n) is 14.9. The van der Waals surface area contributed by atoms with Crippen molar-refractivity contribution in [2.24, 2.45) is 0 Å². The van der Waals surface area contributed by atoms with E-state index in [9.17, 15) is 9.59 Å². The Kier molecular flexibility index (Phi) is 4.44. The van der Waals surface area contributed by atoms with E-state index in [-0.39, 0.29) is 39.8 Å². The van der Waals surface area contributed by atoms with E-state index >= 15 is 0 Å². The number of hydrogen-bond acceptors (Lipinski definition) is 7. The fourth-order valence-corrected chi connectivity index (χ4v) is 3.76. The highest BCUT2D eigenvalue weighted by atomic mass is 32.2. The van der Waals surface area contributed by atoms with Crippen molar-refractivity contribution in [2.75, 3.05) is 18.6 Å². The van der Waals surface area contributed by atoms with E-state index < -0.39 is 0 Å². The first kappa shape index (κ1) is 17.9. The fraction of sp³-hybridized carbons (Fsp3) is 0.0476. The van der Waals surface area contributed by atoms with Gasteiger partial charge in [0, 0.05) is 22.9 Å². The smallest absolute Gasteiger partial charge is 0.196 e. The number of fused-ring (bicyclic) bond motifs is 2. The summed E-state index contributed by atoms with van der Waals surface area (Å²) < 4.78 is 10.9. The lowest BCUT2D eigenvalue weighted by molar-refractivity contribution is 0.0980. The Labute approximate surface area is 165 Å². The molecular weight excluding hydrogens is 376 g/mol. The summed E-state index contributed by atoms with van der Waals surface area (Å²) in [6, 6.07) is 15.4. The number of benzene rings is 3. The largest absolute Gasteiger partial charge is 0.497 e. The second-order valence-corrected chi connectivity index (χ2v) is 6.98. The van der Waals surface area contributed by atoms with Crippen LogP contribution in [0.2, 0.25) is 0 Å². The summed E-state index contributed by atoms with van der Waals surface area (Å²) in [5, 5.41) is 0. The van der Waals surface area contributed by atoms with E-state index in [4.69, 9.17) is 20.4 Å². The molecule has 0 saturated carbocycles. The first-order chi connectivity index (χ1) is 13.5. The van der Waals surface area contributed by atoms with Gasteiger partial charge in [-0.3, -0.25) is 9.59 Å². The first-order valence-corrected chi connectivity index (χ1v) is 9.14. The molecule has 0 saturated heterocycles. The Bertz CT molecular complexity index is 1130. The Hall–Kier alpha value is -3.45. The highest BCUT2D eigenvalue weighted by molar-refractivity contribution is 7.95. The van der Waals surface area contributed by atoms with Gasteiger partial charge in [-0.05, 0) is 18.2 Å². The molecule has 3 aromatic rings. The third-order valence-electron chi connectivity index (χ3n) is 4.50. The van der Waals surface area contributed by atoms with Crippen LogP contribution in [-0.4, -0.2) is 18.7 Å². The van der Waals surface area contributed by atoms with Crippen LogP contribution in [-0.2, 0) is 0 Å². The van der Waals surface area contributed by atoms with E-state index in [1.165, 1.54) is 6.07 Å². The summed E-state index contributed by atoms with van der Waals surface area (Å²) in [5.74, 6) is 0.251. The van der Waals surface area contributed by atoms with Crippen LogP contribution in [0, 0.1) is 0 Å². The molecule has 1 aliphatic carbocycles. The van der Waals surface area contributed by atoms with Gasteiger partial charge in [-0.25, -0.2) is 0 Å². The van der Waals surface area contributed by atoms with Gasteiger partial charge >= 0.3 is 0 Å². The van der Waals surface area contributed by atoms with E-state index in [2.05, 4.69) is 0 Å². The molecular formula is C21H16N2O4S. The molecule has 0 fully saturated rings. The van der Waals surface area contributed by atoms with Crippen LogP contribution >= 0.6 is 12.0 Å². The van der Waals surface area contributed by atoms with Gasteiger partial charge in [-0.2, -0.15) is 0 Å². The Morgan fingerprint density at radius 1 is 0.857 bits per heavy atom. The average Bonchev–Trinajstić information content (AvgIpc) is 2.72. The zero-order valence-corrected chi connectivity index (χ0v) is 15.7. The molecule has 0 aliphatic heterocycles. The third-order valence-corrected chi connectivity index (χ3v) is 5.21. The van der Waals surface area contributed by atoms with Crippen molar-refractivity contribution < 1.29 is 18.5 Å². The predicted octanol–water partition coefficient (Wildman–Crippen LogP) is 3.72. The molecule has 0 spiro atoms. The minimum Gasteiger partial charge on any atom is -0.497 e. The second-order valence-electron chi connectivity index (χ2n) is 6.18. The first-order valence-electron chi connectivity index (χ1n) is 8.40. The van der Waals surface area contributed by atoms with Crippen LogP contribution in [0.4, 0.5) is 11.4 Å². The maximum atomic E-state index is 13.0. The summed E-state index contributed by atoms with van der Waals surface area (Å²) >= 11 is 1.05. The summed E-state index contributed by atoms with van der Waals surface area (Å²) in [6.07, 6.45) is 0. The molecule has 0 radical (unpaired) electrons. The molecule has 28 heavy (non-hydrogen) atoms. The van der Waals surface area contributed by atoms with Crippen molar-refractivity contribution in [2.45, 2.75) is 4.90 Å². The molecule has 0 unspecified atom stereocenters. The number of anilines is 2. The summed E-state index contributed by atoms with van der Waals surface area (Å²) in [7, 11) is 1.58. The number of nitrogens with two attached hydrogens (primary N) is 2. The number of ether oxygens (including phenoxy) is 1. The number of carbonyl (C=O) groups is 2. The van der Waals surface area contributed by atoms with Gasteiger partial charge < -0.3 is 20.4 Å². The minimum atomic E-state index is -0.341. The number of carbonyl (C=O) groups excluding carboxylic acids is 2. The van der Waals surface area contributed by atoms with Crippen molar-refractivity contribution in [1.29, 1.82) is 0 Å². The Balaban J connectivity index is 1.73. The molecule has 4 N–H and O–H groups in total. The number of hydrogen-bond donors (Lipinski definition) is 2. The maximum Gasteiger partial charge on any atom is 0.196 e. The lowest BCUT2D eigenvalue weighted by Gasteiger charge is -2.22. The van der Waals surface area contributed by atoms with Gasteiger partial charge in [0.1, 0.15) is 5.75 Å². The van der Waals surface area contributed by atoms with Gasteiger partial charge in [-0.15, -0.1) is 0 Å². The van der Waals surface area contributed by atoms with Crippen LogP contribution in [0.25, 0.3) is 0 Å². The van der Waals surface area contributed by atoms with Crippen molar-refractivity contribution in [3.8, 4) is 11.5 Å². The summed E-state index contributed by atoms with van der Waals surface area (Å²) in [6.45, 7) is 0. The lowest BCUT2D eigenvalue weighted by atomic mass is 9.82. The van der Waals surface area contributed by atoms with Gasteiger partial charge in [0.25, 0.3) is 0 Å². The molecule has 1 aliphatic rings. The Morgan fingerprint density at radius 3 is 2.21 bits per heavy atom. The SMILES string of the molecule is COc1cccc(SOc2cc(N)c3c(c2N)C(=O)c2ccccc2C3=O)c1. The molecule has 6 nitrogen and oxygen atoms in total. The van der Waals surface area contributed by atoms with Crippen LogP contribution in [0.3, 0.4) is 0 Å². The van der Waals surface area contributed by atoms with E-state index in [1.54, 1.807) is 37.4 Å². The maximum absolute atomic E-state index is 13.0. The molecule has 0 amide bonds. The molecule has 0 aromatic heterocycles. The number of ketones is 2. The van der Waals surface area contributed by atoms with Crippen molar-refractivity contribution >= 4 is 35.0 Å². The molecule has 0 atom stereocenters. The molecule has 0 bridgehead atoms. The van der Waals surface area contributed by atoms with Gasteiger partial charge in [0.05, 0.1) is 40.9 Å². The van der Waals surface area contributed by atoms with E-state index in [0.29, 0.717) is 16.9 Å². The normalized spacial score (nSPS) is 12.3.